The van der Waals surface area contributed by atoms with E-state index in [-0.39, 0.29) is 11.4 Å². The quantitative estimate of drug-likeness (QED) is 0.782. The average Bonchev–Trinajstić information content (AvgIpc) is 3.24. The molecule has 0 bridgehead atoms. The van der Waals surface area contributed by atoms with Gasteiger partial charge in [0.15, 0.2) is 5.17 Å². The highest BCUT2D eigenvalue weighted by atomic mass is 32.2. The Morgan fingerprint density at radius 3 is 3.15 bits per heavy atom. The molecule has 1 aromatic rings. The molecule has 2 N–H and O–H groups in total. The number of benzene rings is 1. The molecule has 3 heterocycles. The number of amidine groups is 2. The SMILES string of the molecule is COc1cccc(/C=N/N2CNC3C(SC4=NC5CCCCC5N43)C2=N)c1. The van der Waals surface area contributed by atoms with Crippen LogP contribution in [0.3, 0.4) is 0 Å². The van der Waals surface area contributed by atoms with E-state index in [9.17, 15) is 0 Å². The van der Waals surface area contributed by atoms with Crippen molar-refractivity contribution in [2.75, 3.05) is 13.8 Å². The maximum atomic E-state index is 8.67. The molecule has 2 saturated heterocycles. The Hall–Kier alpha value is -2.06. The van der Waals surface area contributed by atoms with E-state index in [1.807, 2.05) is 24.3 Å². The maximum Gasteiger partial charge on any atom is 0.162 e. The van der Waals surface area contributed by atoms with Crippen LogP contribution >= 0.6 is 11.8 Å². The van der Waals surface area contributed by atoms with E-state index in [0.717, 1.165) is 16.5 Å². The number of fused-ring (bicyclic) bond motifs is 5. The zero-order chi connectivity index (χ0) is 18.4. The number of hydrogen-bond acceptors (Lipinski definition) is 7. The second-order valence-electron chi connectivity index (χ2n) is 7.39. The van der Waals surface area contributed by atoms with Gasteiger partial charge >= 0.3 is 0 Å². The van der Waals surface area contributed by atoms with Crippen molar-refractivity contribution in [2.24, 2.45) is 10.1 Å². The first kappa shape index (κ1) is 17.1. The molecule has 142 valence electrons. The third kappa shape index (κ3) is 2.91. The molecule has 1 aromatic carbocycles. The van der Waals surface area contributed by atoms with Crippen LogP contribution in [0.15, 0.2) is 34.4 Å². The molecule has 4 atom stereocenters. The van der Waals surface area contributed by atoms with Crippen molar-refractivity contribution in [2.45, 2.75) is 49.2 Å². The van der Waals surface area contributed by atoms with Crippen LogP contribution < -0.4 is 10.1 Å². The van der Waals surface area contributed by atoms with Crippen LogP contribution in [0.25, 0.3) is 0 Å². The zero-order valence-electron chi connectivity index (χ0n) is 15.3. The molecule has 3 aliphatic heterocycles. The standard InChI is InChI=1S/C19H24N6OS/c1-26-13-6-4-5-12(9-13)10-22-24-11-21-18-16(17(24)20)27-19-23-14-7-2-3-8-15(14)25(18)19/h4-6,9-10,14-16,18,20-21H,2-3,7-8,11H2,1H3/b20-17?,22-10+. The van der Waals surface area contributed by atoms with Gasteiger partial charge in [0.2, 0.25) is 0 Å². The van der Waals surface area contributed by atoms with Gasteiger partial charge in [-0.1, -0.05) is 36.7 Å². The molecule has 1 saturated carbocycles. The minimum absolute atomic E-state index is 0.0443. The van der Waals surface area contributed by atoms with Crippen molar-refractivity contribution >= 4 is 29.0 Å². The molecule has 7 nitrogen and oxygen atoms in total. The fourth-order valence-corrected chi connectivity index (χ4v) is 5.83. The third-order valence-corrected chi connectivity index (χ3v) is 7.07. The van der Waals surface area contributed by atoms with Gasteiger partial charge in [-0.2, -0.15) is 5.10 Å². The fourth-order valence-electron chi connectivity index (χ4n) is 4.44. The van der Waals surface area contributed by atoms with Gasteiger partial charge < -0.3 is 9.64 Å². The van der Waals surface area contributed by atoms with Crippen LogP contribution in [0.2, 0.25) is 0 Å². The van der Waals surface area contributed by atoms with Gasteiger partial charge in [0.05, 0.1) is 32.1 Å². The molecule has 27 heavy (non-hydrogen) atoms. The molecule has 3 fully saturated rings. The molecule has 0 spiro atoms. The van der Waals surface area contributed by atoms with E-state index in [4.69, 9.17) is 15.1 Å². The first-order valence-electron chi connectivity index (χ1n) is 9.55. The van der Waals surface area contributed by atoms with Crippen LogP contribution in [0.1, 0.15) is 31.2 Å². The van der Waals surface area contributed by atoms with Crippen LogP contribution in [-0.4, -0.2) is 64.4 Å². The highest BCUT2D eigenvalue weighted by Gasteiger charge is 2.52. The van der Waals surface area contributed by atoms with Crippen molar-refractivity contribution in [1.29, 1.82) is 5.41 Å². The van der Waals surface area contributed by atoms with Crippen LogP contribution in [-0.2, 0) is 0 Å². The molecular formula is C19H24N6OS. The first-order chi connectivity index (χ1) is 13.2. The van der Waals surface area contributed by atoms with E-state index in [1.165, 1.54) is 25.7 Å². The van der Waals surface area contributed by atoms with Gasteiger partial charge in [-0.15, -0.1) is 0 Å². The minimum Gasteiger partial charge on any atom is -0.497 e. The number of thioether (sulfide) groups is 1. The number of hydrogen-bond donors (Lipinski definition) is 2. The molecule has 4 unspecified atom stereocenters. The predicted molar refractivity (Wildman–Crippen MR) is 109 cm³/mol. The Balaban J connectivity index is 1.31. The summed E-state index contributed by atoms with van der Waals surface area (Å²) in [6.45, 7) is 0.544. The summed E-state index contributed by atoms with van der Waals surface area (Å²) in [4.78, 5) is 7.42. The molecule has 0 amide bonds. The smallest absolute Gasteiger partial charge is 0.162 e. The fraction of sp³-hybridized carbons (Fsp3) is 0.526. The monoisotopic (exact) mass is 384 g/mol. The van der Waals surface area contributed by atoms with E-state index in [2.05, 4.69) is 15.3 Å². The van der Waals surface area contributed by atoms with Crippen molar-refractivity contribution in [1.82, 2.24) is 15.2 Å². The molecule has 0 radical (unpaired) electrons. The Morgan fingerprint density at radius 1 is 1.37 bits per heavy atom. The van der Waals surface area contributed by atoms with Gasteiger partial charge in [0.25, 0.3) is 0 Å². The lowest BCUT2D eigenvalue weighted by molar-refractivity contribution is 0.156. The van der Waals surface area contributed by atoms with E-state index in [0.29, 0.717) is 24.6 Å². The Morgan fingerprint density at radius 2 is 2.26 bits per heavy atom. The number of hydrazone groups is 1. The van der Waals surface area contributed by atoms with Gasteiger partial charge in [-0.05, 0) is 30.5 Å². The van der Waals surface area contributed by atoms with Gasteiger partial charge in [0, 0.05) is 0 Å². The molecule has 8 heteroatoms. The van der Waals surface area contributed by atoms with Gasteiger partial charge in [-0.25, -0.2) is 5.01 Å². The van der Waals surface area contributed by atoms with E-state index in [1.54, 1.807) is 30.1 Å². The largest absolute Gasteiger partial charge is 0.497 e. The summed E-state index contributed by atoms with van der Waals surface area (Å²) in [5.74, 6) is 1.35. The Labute approximate surface area is 163 Å². The zero-order valence-corrected chi connectivity index (χ0v) is 16.2. The minimum atomic E-state index is 0.0443. The molecule has 1 aliphatic carbocycles. The summed E-state index contributed by atoms with van der Waals surface area (Å²) in [5.41, 5.74) is 0.957. The van der Waals surface area contributed by atoms with Gasteiger partial charge in [0.1, 0.15) is 23.0 Å². The Kier molecular flexibility index (Phi) is 4.32. The summed E-state index contributed by atoms with van der Waals surface area (Å²) < 4.78 is 5.26. The van der Waals surface area contributed by atoms with Crippen molar-refractivity contribution < 1.29 is 4.74 Å². The number of rotatable bonds is 3. The van der Waals surface area contributed by atoms with Crippen molar-refractivity contribution in [3.8, 4) is 5.75 Å². The summed E-state index contributed by atoms with van der Waals surface area (Å²) in [6.07, 6.45) is 6.95. The lowest BCUT2D eigenvalue weighted by Crippen LogP contribution is -2.62. The normalized spacial score (nSPS) is 32.3. The van der Waals surface area contributed by atoms with Crippen LogP contribution in [0, 0.1) is 5.41 Å². The number of ether oxygens (including phenoxy) is 1. The molecule has 0 aromatic heterocycles. The summed E-state index contributed by atoms with van der Waals surface area (Å²) in [7, 11) is 1.66. The Bertz CT molecular complexity index is 811. The lowest BCUT2D eigenvalue weighted by atomic mass is 9.90. The molecule has 4 aliphatic rings. The van der Waals surface area contributed by atoms with Crippen LogP contribution in [0.5, 0.6) is 5.75 Å². The maximum absolute atomic E-state index is 8.67. The first-order valence-corrected chi connectivity index (χ1v) is 10.4. The van der Waals surface area contributed by atoms with E-state index < -0.39 is 0 Å². The van der Waals surface area contributed by atoms with Gasteiger partial charge in [-0.3, -0.25) is 15.7 Å². The topological polar surface area (TPSA) is 76.3 Å². The van der Waals surface area contributed by atoms with E-state index >= 15 is 0 Å². The van der Waals surface area contributed by atoms with Crippen molar-refractivity contribution in [3.63, 3.8) is 0 Å². The number of nitrogens with zero attached hydrogens (tertiary/aromatic N) is 4. The predicted octanol–water partition coefficient (Wildman–Crippen LogP) is 2.29. The summed E-state index contributed by atoms with van der Waals surface area (Å²) >= 11 is 1.72. The highest BCUT2D eigenvalue weighted by molar-refractivity contribution is 8.15. The second kappa shape index (κ2) is 6.83. The number of nitrogens with one attached hydrogen (secondary N) is 2. The highest BCUT2D eigenvalue weighted by Crippen LogP contribution is 2.43. The summed E-state index contributed by atoms with van der Waals surface area (Å²) in [6, 6.07) is 8.75. The molecular weight excluding hydrogens is 360 g/mol. The lowest BCUT2D eigenvalue weighted by Gasteiger charge is -2.40. The average molecular weight is 385 g/mol. The number of aliphatic imine (C=N–C) groups is 1. The van der Waals surface area contributed by atoms with Crippen LogP contribution in [0.4, 0.5) is 0 Å². The number of methoxy groups -OCH3 is 1. The molecule has 5 rings (SSSR count). The second-order valence-corrected chi connectivity index (χ2v) is 8.50. The van der Waals surface area contributed by atoms with Crippen molar-refractivity contribution in [3.05, 3.63) is 29.8 Å². The summed E-state index contributed by atoms with van der Waals surface area (Å²) in [5, 5.41) is 19.7. The third-order valence-electron chi connectivity index (χ3n) is 5.80.